The van der Waals surface area contributed by atoms with E-state index in [1.54, 1.807) is 0 Å². The van der Waals surface area contributed by atoms with Crippen LogP contribution in [0.3, 0.4) is 0 Å². The Hall–Kier alpha value is -0.700. The number of likely N-dealkylation sites (N-methyl/N-ethyl adjacent to an activating group) is 1. The summed E-state index contributed by atoms with van der Waals surface area (Å²) in [7, 11) is -1.88. The molecule has 0 heterocycles. The Labute approximate surface area is 159 Å². The molecule has 156 valence electrons. The topological polar surface area (TPSA) is 98.9 Å². The molecule has 2 N–H and O–H groups in total. The minimum Gasteiger partial charge on any atom is -0.462 e. The Bertz CT molecular complexity index is 534. The van der Waals surface area contributed by atoms with Gasteiger partial charge in [0, 0.05) is 13.6 Å². The minimum absolute atomic E-state index is 0.0331. The number of sulfonamides is 1. The number of ether oxygens (including phenoxy) is 2. The van der Waals surface area contributed by atoms with Crippen molar-refractivity contribution in [1.82, 2.24) is 4.31 Å². The summed E-state index contributed by atoms with van der Waals surface area (Å²) < 4.78 is 36.0. The average Bonchev–Trinajstić information content (AvgIpc) is 2.50. The number of hydrogen-bond acceptors (Lipinski definition) is 6. The van der Waals surface area contributed by atoms with E-state index in [9.17, 15) is 13.2 Å². The molecule has 0 unspecified atom stereocenters. The van der Waals surface area contributed by atoms with E-state index in [2.05, 4.69) is 20.8 Å². The molecule has 0 rings (SSSR count). The second kappa shape index (κ2) is 10.6. The third-order valence-electron chi connectivity index (χ3n) is 4.87. The third-order valence-corrected chi connectivity index (χ3v) is 6.16. The van der Waals surface area contributed by atoms with Crippen LogP contribution in [0.5, 0.6) is 0 Å². The molecule has 0 aliphatic carbocycles. The second-order valence-electron chi connectivity index (χ2n) is 8.15. The van der Waals surface area contributed by atoms with Crippen molar-refractivity contribution in [3.05, 3.63) is 0 Å². The zero-order valence-corrected chi connectivity index (χ0v) is 18.4. The molecule has 8 heteroatoms. The molecule has 0 aromatic heterocycles. The number of esters is 1. The summed E-state index contributed by atoms with van der Waals surface area (Å²) in [6.07, 6.45) is 1.88. The SMILES string of the molecule is CCC(C)(C)[C@H](C)O[C@H](COC(=O)[C@@H](N)CC(C)C)CN(C)S(C)(=O)=O. The molecule has 0 aromatic carbocycles. The fourth-order valence-electron chi connectivity index (χ4n) is 2.20. The van der Waals surface area contributed by atoms with Crippen molar-refractivity contribution in [1.29, 1.82) is 0 Å². The molecule has 0 fully saturated rings. The van der Waals surface area contributed by atoms with E-state index in [1.165, 1.54) is 11.4 Å². The highest BCUT2D eigenvalue weighted by atomic mass is 32.2. The first kappa shape index (κ1) is 25.3. The van der Waals surface area contributed by atoms with Crippen LogP contribution in [0.15, 0.2) is 0 Å². The van der Waals surface area contributed by atoms with Gasteiger partial charge in [0.15, 0.2) is 0 Å². The van der Waals surface area contributed by atoms with Gasteiger partial charge in [-0.25, -0.2) is 12.7 Å². The Morgan fingerprint density at radius 3 is 2.19 bits per heavy atom. The molecule has 0 aromatic rings. The Balaban J connectivity index is 5.01. The van der Waals surface area contributed by atoms with Crippen molar-refractivity contribution in [3.63, 3.8) is 0 Å². The summed E-state index contributed by atoms with van der Waals surface area (Å²) in [5.74, 6) is -0.206. The molecule has 26 heavy (non-hydrogen) atoms. The standard InChI is InChI=1S/C18H38N2O5S/c1-9-18(5,6)14(4)25-15(11-20(7)26(8,22)23)12-24-17(21)16(19)10-13(2)3/h13-16H,9-12,19H2,1-8H3/t14-,15-,16-/m0/s1. The number of carbonyl (C=O) groups excluding carboxylic acids is 1. The van der Waals surface area contributed by atoms with E-state index in [0.717, 1.165) is 12.7 Å². The van der Waals surface area contributed by atoms with Crippen molar-refractivity contribution < 1.29 is 22.7 Å². The molecule has 0 radical (unpaired) electrons. The maximum Gasteiger partial charge on any atom is 0.323 e. The van der Waals surface area contributed by atoms with Gasteiger partial charge in [-0.05, 0) is 31.1 Å². The minimum atomic E-state index is -3.36. The molecule has 0 amide bonds. The van der Waals surface area contributed by atoms with Crippen LogP contribution in [0, 0.1) is 11.3 Å². The Morgan fingerprint density at radius 2 is 1.77 bits per heavy atom. The Morgan fingerprint density at radius 1 is 1.23 bits per heavy atom. The van der Waals surface area contributed by atoms with Crippen LogP contribution in [0.2, 0.25) is 0 Å². The second-order valence-corrected chi connectivity index (χ2v) is 10.2. The van der Waals surface area contributed by atoms with Gasteiger partial charge in [0.1, 0.15) is 18.8 Å². The van der Waals surface area contributed by atoms with Gasteiger partial charge in [0.2, 0.25) is 10.0 Å². The lowest BCUT2D eigenvalue weighted by Crippen LogP contribution is -2.43. The van der Waals surface area contributed by atoms with E-state index in [1.807, 2.05) is 20.8 Å². The van der Waals surface area contributed by atoms with E-state index >= 15 is 0 Å². The zero-order chi connectivity index (χ0) is 20.7. The molecule has 0 saturated heterocycles. The van der Waals surface area contributed by atoms with E-state index in [0.29, 0.717) is 6.42 Å². The quantitative estimate of drug-likeness (QED) is 0.508. The van der Waals surface area contributed by atoms with E-state index < -0.39 is 28.1 Å². The van der Waals surface area contributed by atoms with Crippen molar-refractivity contribution >= 4 is 16.0 Å². The van der Waals surface area contributed by atoms with Gasteiger partial charge < -0.3 is 15.2 Å². The molecule has 0 aliphatic heterocycles. The van der Waals surface area contributed by atoms with E-state index in [-0.39, 0.29) is 30.6 Å². The van der Waals surface area contributed by atoms with E-state index in [4.69, 9.17) is 15.2 Å². The predicted octanol–water partition coefficient (Wildman–Crippen LogP) is 2.00. The highest BCUT2D eigenvalue weighted by molar-refractivity contribution is 7.88. The number of nitrogens with zero attached hydrogens (tertiary/aromatic N) is 1. The first-order valence-corrected chi connectivity index (χ1v) is 11.0. The molecular weight excluding hydrogens is 356 g/mol. The third kappa shape index (κ3) is 9.30. The van der Waals surface area contributed by atoms with Gasteiger partial charge in [-0.3, -0.25) is 4.79 Å². The lowest BCUT2D eigenvalue weighted by molar-refractivity contribution is -0.154. The van der Waals surface area contributed by atoms with Crippen molar-refractivity contribution in [3.8, 4) is 0 Å². The van der Waals surface area contributed by atoms with Crippen LogP contribution >= 0.6 is 0 Å². The molecule has 7 nitrogen and oxygen atoms in total. The predicted molar refractivity (Wildman–Crippen MR) is 104 cm³/mol. The van der Waals surface area contributed by atoms with Gasteiger partial charge in [-0.1, -0.05) is 34.6 Å². The highest BCUT2D eigenvalue weighted by Gasteiger charge is 2.30. The van der Waals surface area contributed by atoms with Crippen LogP contribution in [0.1, 0.15) is 54.4 Å². The molecular formula is C18H38N2O5S. The number of carbonyl (C=O) groups is 1. The fraction of sp³-hybridized carbons (Fsp3) is 0.944. The maximum atomic E-state index is 12.1. The lowest BCUT2D eigenvalue weighted by Gasteiger charge is -2.34. The highest BCUT2D eigenvalue weighted by Crippen LogP contribution is 2.28. The average molecular weight is 395 g/mol. The van der Waals surface area contributed by atoms with Crippen LogP contribution in [-0.2, 0) is 24.3 Å². The molecule has 0 spiro atoms. The smallest absolute Gasteiger partial charge is 0.323 e. The molecule has 0 bridgehead atoms. The van der Waals surface area contributed by atoms with Gasteiger partial charge in [-0.2, -0.15) is 0 Å². The number of nitrogens with two attached hydrogens (primary N) is 1. The molecule has 0 saturated carbocycles. The Kier molecular flexibility index (Phi) is 10.3. The van der Waals surface area contributed by atoms with Gasteiger partial charge in [0.05, 0.1) is 12.4 Å². The monoisotopic (exact) mass is 394 g/mol. The molecule has 3 atom stereocenters. The van der Waals surface area contributed by atoms with Crippen molar-refractivity contribution in [2.24, 2.45) is 17.1 Å². The first-order chi connectivity index (χ1) is 11.7. The largest absolute Gasteiger partial charge is 0.462 e. The van der Waals surface area contributed by atoms with Gasteiger partial charge in [-0.15, -0.1) is 0 Å². The van der Waals surface area contributed by atoms with Gasteiger partial charge >= 0.3 is 5.97 Å². The summed E-state index contributed by atoms with van der Waals surface area (Å²) in [6, 6.07) is -0.687. The normalized spacial score (nSPS) is 16.6. The zero-order valence-electron chi connectivity index (χ0n) is 17.6. The van der Waals surface area contributed by atoms with Crippen molar-refractivity contribution in [2.75, 3.05) is 26.5 Å². The molecule has 0 aliphatic rings. The van der Waals surface area contributed by atoms with Crippen molar-refractivity contribution in [2.45, 2.75) is 72.6 Å². The summed E-state index contributed by atoms with van der Waals surface area (Å²) in [5, 5.41) is 0. The first-order valence-electron chi connectivity index (χ1n) is 9.19. The fourth-order valence-corrected chi connectivity index (χ4v) is 2.64. The lowest BCUT2D eigenvalue weighted by atomic mass is 9.84. The summed E-state index contributed by atoms with van der Waals surface area (Å²) in [6.45, 7) is 12.2. The number of rotatable bonds is 12. The number of hydrogen-bond donors (Lipinski definition) is 1. The van der Waals surface area contributed by atoms with Crippen LogP contribution in [0.25, 0.3) is 0 Å². The van der Waals surface area contributed by atoms with Crippen LogP contribution < -0.4 is 5.73 Å². The maximum absolute atomic E-state index is 12.1. The summed E-state index contributed by atoms with van der Waals surface area (Å²) >= 11 is 0. The van der Waals surface area contributed by atoms with Gasteiger partial charge in [0.25, 0.3) is 0 Å². The van der Waals surface area contributed by atoms with Crippen LogP contribution in [-0.4, -0.2) is 63.4 Å². The summed E-state index contributed by atoms with van der Waals surface area (Å²) in [5.41, 5.74) is 5.76. The summed E-state index contributed by atoms with van der Waals surface area (Å²) in [4.78, 5) is 12.1. The van der Waals surface area contributed by atoms with Crippen LogP contribution in [0.4, 0.5) is 0 Å².